The Kier molecular flexibility index (Phi) is 2.37. The van der Waals surface area contributed by atoms with Gasteiger partial charge in [0.15, 0.2) is 0 Å². The molecule has 0 saturated carbocycles. The van der Waals surface area contributed by atoms with Gasteiger partial charge in [0.1, 0.15) is 0 Å². The number of fused-ring (bicyclic) bond motifs is 3. The first-order valence-corrected chi connectivity index (χ1v) is 6.25. The lowest BCUT2D eigenvalue weighted by molar-refractivity contribution is 0.636. The molecule has 1 aliphatic rings. The first-order chi connectivity index (χ1) is 8.56. The number of hydrogen-bond acceptors (Lipinski definition) is 2. The molecule has 2 heterocycles. The molecule has 92 valence electrons. The lowest BCUT2D eigenvalue weighted by atomic mass is 9.93. The molecule has 0 fully saturated rings. The minimum Gasteiger partial charge on any atom is -0.292 e. The highest BCUT2D eigenvalue weighted by Gasteiger charge is 2.18. The van der Waals surface area contributed by atoms with Gasteiger partial charge in [0.05, 0.1) is 5.69 Å². The van der Waals surface area contributed by atoms with Crippen molar-refractivity contribution >= 4 is 0 Å². The van der Waals surface area contributed by atoms with Crippen molar-refractivity contribution < 1.29 is 0 Å². The van der Waals surface area contributed by atoms with E-state index in [1.54, 1.807) is 4.57 Å². The molecule has 3 heteroatoms. The molecule has 0 radical (unpaired) electrons. The first-order valence-electron chi connectivity index (χ1n) is 6.25. The fourth-order valence-corrected chi connectivity index (χ4v) is 2.62. The molecular formula is C15H16N2O. The van der Waals surface area contributed by atoms with Gasteiger partial charge in [-0.05, 0) is 56.0 Å². The van der Waals surface area contributed by atoms with Gasteiger partial charge >= 0.3 is 5.69 Å². The van der Waals surface area contributed by atoms with Crippen LogP contribution in [0, 0.1) is 20.8 Å². The minimum atomic E-state index is -0.131. The van der Waals surface area contributed by atoms with Crippen LogP contribution in [-0.4, -0.2) is 9.55 Å². The molecule has 0 aliphatic carbocycles. The van der Waals surface area contributed by atoms with E-state index in [0.29, 0.717) is 0 Å². The van der Waals surface area contributed by atoms with E-state index in [1.807, 2.05) is 13.0 Å². The SMILES string of the molecule is Cc1cc2n(c(=O)n1)CCc1cc(C)c(C)cc1-2. The highest BCUT2D eigenvalue weighted by molar-refractivity contribution is 5.67. The molecule has 0 bridgehead atoms. The molecule has 0 amide bonds. The second-order valence-corrected chi connectivity index (χ2v) is 5.06. The van der Waals surface area contributed by atoms with Gasteiger partial charge in [-0.1, -0.05) is 6.07 Å². The van der Waals surface area contributed by atoms with Crippen LogP contribution in [0.3, 0.4) is 0 Å². The van der Waals surface area contributed by atoms with Gasteiger partial charge in [-0.3, -0.25) is 4.57 Å². The largest absolute Gasteiger partial charge is 0.348 e. The van der Waals surface area contributed by atoms with Gasteiger partial charge in [0, 0.05) is 17.8 Å². The Morgan fingerprint density at radius 3 is 2.61 bits per heavy atom. The number of nitrogens with zero attached hydrogens (tertiary/aromatic N) is 2. The van der Waals surface area contributed by atoms with Crippen molar-refractivity contribution in [3.05, 3.63) is 51.1 Å². The topological polar surface area (TPSA) is 34.9 Å². The second kappa shape index (κ2) is 3.80. The van der Waals surface area contributed by atoms with Crippen LogP contribution in [0.25, 0.3) is 11.3 Å². The highest BCUT2D eigenvalue weighted by Crippen LogP contribution is 2.30. The van der Waals surface area contributed by atoms with Crippen LogP contribution < -0.4 is 5.69 Å². The van der Waals surface area contributed by atoms with E-state index in [-0.39, 0.29) is 5.69 Å². The van der Waals surface area contributed by atoms with Crippen LogP contribution in [0.4, 0.5) is 0 Å². The monoisotopic (exact) mass is 240 g/mol. The first kappa shape index (κ1) is 11.2. The third-order valence-corrected chi connectivity index (χ3v) is 3.74. The Balaban J connectivity index is 2.34. The smallest absolute Gasteiger partial charge is 0.292 e. The van der Waals surface area contributed by atoms with Gasteiger partial charge in [-0.25, -0.2) is 4.79 Å². The second-order valence-electron chi connectivity index (χ2n) is 5.06. The average Bonchev–Trinajstić information content (AvgIpc) is 2.30. The van der Waals surface area contributed by atoms with Crippen LogP contribution in [0.2, 0.25) is 0 Å². The van der Waals surface area contributed by atoms with Crippen LogP contribution in [0.15, 0.2) is 23.0 Å². The Morgan fingerprint density at radius 2 is 1.83 bits per heavy atom. The van der Waals surface area contributed by atoms with Crippen molar-refractivity contribution in [2.45, 2.75) is 33.7 Å². The molecule has 0 unspecified atom stereocenters. The molecule has 0 spiro atoms. The van der Waals surface area contributed by atoms with E-state index in [9.17, 15) is 4.79 Å². The molecule has 1 aromatic heterocycles. The summed E-state index contributed by atoms with van der Waals surface area (Å²) in [5.74, 6) is 0. The summed E-state index contributed by atoms with van der Waals surface area (Å²) in [7, 11) is 0. The summed E-state index contributed by atoms with van der Waals surface area (Å²) in [6.07, 6.45) is 0.911. The molecule has 1 aliphatic heterocycles. The van der Waals surface area contributed by atoms with E-state index in [0.717, 1.165) is 24.4 Å². The maximum absolute atomic E-state index is 11.9. The molecule has 18 heavy (non-hydrogen) atoms. The Morgan fingerprint density at radius 1 is 1.11 bits per heavy atom. The predicted octanol–water partition coefficient (Wildman–Crippen LogP) is 2.39. The average molecular weight is 240 g/mol. The van der Waals surface area contributed by atoms with E-state index in [4.69, 9.17) is 0 Å². The van der Waals surface area contributed by atoms with Crippen molar-refractivity contribution in [1.82, 2.24) is 9.55 Å². The van der Waals surface area contributed by atoms with Crippen LogP contribution in [0.1, 0.15) is 22.4 Å². The third-order valence-electron chi connectivity index (χ3n) is 3.74. The van der Waals surface area contributed by atoms with Crippen molar-refractivity contribution in [3.63, 3.8) is 0 Å². The summed E-state index contributed by atoms with van der Waals surface area (Å²) in [5.41, 5.74) is 6.78. The van der Waals surface area contributed by atoms with Crippen molar-refractivity contribution in [2.75, 3.05) is 0 Å². The fourth-order valence-electron chi connectivity index (χ4n) is 2.62. The standard InChI is InChI=1S/C15H16N2O/c1-9-6-12-4-5-17-14(13(12)7-10(9)2)8-11(3)16-15(17)18/h6-8H,4-5H2,1-3H3. The number of aromatic nitrogens is 2. The normalized spacial score (nSPS) is 13.1. The zero-order valence-electron chi connectivity index (χ0n) is 10.9. The van der Waals surface area contributed by atoms with Crippen molar-refractivity contribution in [1.29, 1.82) is 0 Å². The number of aryl methyl sites for hydroxylation is 4. The molecule has 0 saturated heterocycles. The molecule has 2 aromatic rings. The molecule has 3 rings (SSSR count). The third kappa shape index (κ3) is 1.58. The number of rotatable bonds is 0. The molecule has 0 atom stereocenters. The Hall–Kier alpha value is -1.90. The lowest BCUT2D eigenvalue weighted by Gasteiger charge is -2.22. The predicted molar refractivity (Wildman–Crippen MR) is 71.8 cm³/mol. The van der Waals surface area contributed by atoms with Gasteiger partial charge < -0.3 is 0 Å². The molecule has 0 N–H and O–H groups in total. The summed E-state index contributed by atoms with van der Waals surface area (Å²) >= 11 is 0. The summed E-state index contributed by atoms with van der Waals surface area (Å²) in [5, 5.41) is 0. The van der Waals surface area contributed by atoms with E-state index in [2.05, 4.69) is 31.0 Å². The van der Waals surface area contributed by atoms with Crippen LogP contribution in [0.5, 0.6) is 0 Å². The summed E-state index contributed by atoms with van der Waals surface area (Å²) in [6.45, 7) is 6.85. The van der Waals surface area contributed by atoms with E-state index in [1.165, 1.54) is 22.3 Å². The highest BCUT2D eigenvalue weighted by atomic mass is 16.1. The summed E-state index contributed by atoms with van der Waals surface area (Å²) in [6, 6.07) is 6.44. The maximum Gasteiger partial charge on any atom is 0.348 e. The van der Waals surface area contributed by atoms with Gasteiger partial charge in [0.2, 0.25) is 0 Å². The Bertz CT molecular complexity index is 698. The van der Waals surface area contributed by atoms with Crippen molar-refractivity contribution in [3.8, 4) is 11.3 Å². The fraction of sp³-hybridized carbons (Fsp3) is 0.333. The Labute approximate surface area is 106 Å². The van der Waals surface area contributed by atoms with E-state index < -0.39 is 0 Å². The van der Waals surface area contributed by atoms with Gasteiger partial charge in [-0.2, -0.15) is 4.98 Å². The van der Waals surface area contributed by atoms with Crippen LogP contribution in [-0.2, 0) is 13.0 Å². The maximum atomic E-state index is 11.9. The van der Waals surface area contributed by atoms with E-state index >= 15 is 0 Å². The quantitative estimate of drug-likeness (QED) is 0.708. The number of benzene rings is 1. The molecular weight excluding hydrogens is 224 g/mol. The molecule has 3 nitrogen and oxygen atoms in total. The zero-order valence-corrected chi connectivity index (χ0v) is 10.9. The van der Waals surface area contributed by atoms with Gasteiger partial charge in [-0.15, -0.1) is 0 Å². The summed E-state index contributed by atoms with van der Waals surface area (Å²) in [4.78, 5) is 15.9. The number of hydrogen-bond donors (Lipinski definition) is 0. The summed E-state index contributed by atoms with van der Waals surface area (Å²) < 4.78 is 1.78. The minimum absolute atomic E-state index is 0.131. The lowest BCUT2D eigenvalue weighted by Crippen LogP contribution is -2.28. The zero-order chi connectivity index (χ0) is 12.9. The van der Waals surface area contributed by atoms with Crippen LogP contribution >= 0.6 is 0 Å². The van der Waals surface area contributed by atoms with Gasteiger partial charge in [0.25, 0.3) is 0 Å². The molecule has 1 aromatic carbocycles. The van der Waals surface area contributed by atoms with Crippen molar-refractivity contribution in [2.24, 2.45) is 0 Å².